The normalized spacial score (nSPS) is 21.4. The summed E-state index contributed by atoms with van der Waals surface area (Å²) in [5.41, 5.74) is 4.17. The summed E-state index contributed by atoms with van der Waals surface area (Å²) < 4.78 is 10.6. The van der Waals surface area contributed by atoms with Gasteiger partial charge in [0, 0.05) is 72.8 Å². The van der Waals surface area contributed by atoms with Gasteiger partial charge >= 0.3 is 0 Å². The lowest BCUT2D eigenvalue weighted by atomic mass is 9.76. The summed E-state index contributed by atoms with van der Waals surface area (Å²) in [6.45, 7) is 5.39. The van der Waals surface area contributed by atoms with E-state index < -0.39 is 0 Å². The summed E-state index contributed by atoms with van der Waals surface area (Å²) in [5.74, 6) is 7.36. The van der Waals surface area contributed by atoms with Crippen LogP contribution in [0.1, 0.15) is 41.9 Å². The molecule has 2 unspecified atom stereocenters. The van der Waals surface area contributed by atoms with Gasteiger partial charge in [-0.1, -0.05) is 48.0 Å². The van der Waals surface area contributed by atoms with Gasteiger partial charge in [-0.25, -0.2) is 0 Å². The van der Waals surface area contributed by atoms with Crippen molar-refractivity contribution in [2.24, 2.45) is 5.92 Å². The molecule has 45 heavy (non-hydrogen) atoms. The highest BCUT2D eigenvalue weighted by atomic mass is 35.5. The molecule has 0 aromatic heterocycles. The largest absolute Gasteiger partial charge is 0.497 e. The summed E-state index contributed by atoms with van der Waals surface area (Å²) in [7, 11) is 5.81. The van der Waals surface area contributed by atoms with E-state index in [1.807, 2.05) is 35.7 Å². The molecule has 1 N–H and O–H groups in total. The minimum absolute atomic E-state index is 0.590. The Bertz CT molecular complexity index is 1280. The number of piperidine rings is 1. The molecule has 2 heterocycles. The van der Waals surface area contributed by atoms with Crippen LogP contribution in [0.2, 0.25) is 5.02 Å². The van der Waals surface area contributed by atoms with E-state index in [1.165, 1.54) is 36.0 Å². The molecular weight excluding hydrogens is 618 g/mol. The Labute approximate surface area is 284 Å². The number of thioether (sulfide) groups is 2. The average Bonchev–Trinajstić information content (AvgIpc) is 3.32. The fourth-order valence-electron chi connectivity index (χ4n) is 7.04. The minimum atomic E-state index is 0.590. The maximum atomic E-state index is 6.30. The second-order valence-electron chi connectivity index (χ2n) is 12.4. The van der Waals surface area contributed by atoms with Crippen LogP contribution in [0.15, 0.2) is 72.8 Å². The number of nitrogens with zero attached hydrogens (tertiary/aromatic N) is 2. The second kappa shape index (κ2) is 17.9. The van der Waals surface area contributed by atoms with Gasteiger partial charge in [-0.05, 0) is 91.2 Å². The predicted molar refractivity (Wildman–Crippen MR) is 194 cm³/mol. The van der Waals surface area contributed by atoms with Gasteiger partial charge in [0.05, 0.1) is 14.2 Å². The van der Waals surface area contributed by atoms with E-state index in [-0.39, 0.29) is 0 Å². The second-order valence-corrected chi connectivity index (χ2v) is 15.0. The number of nitrogens with one attached hydrogen (secondary N) is 1. The fraction of sp³-hybridized carbons (Fsp3) is 0.514. The maximum Gasteiger partial charge on any atom is 0.118 e. The quantitative estimate of drug-likeness (QED) is 0.140. The van der Waals surface area contributed by atoms with Crippen molar-refractivity contribution in [3.63, 3.8) is 0 Å². The Balaban J connectivity index is 1.15. The van der Waals surface area contributed by atoms with Crippen LogP contribution in [0.5, 0.6) is 11.5 Å². The van der Waals surface area contributed by atoms with E-state index in [1.54, 1.807) is 14.2 Å². The van der Waals surface area contributed by atoms with Crippen molar-refractivity contribution in [1.82, 2.24) is 15.1 Å². The van der Waals surface area contributed by atoms with E-state index in [0.29, 0.717) is 23.9 Å². The van der Waals surface area contributed by atoms with E-state index >= 15 is 0 Å². The minimum Gasteiger partial charge on any atom is -0.497 e. The van der Waals surface area contributed by atoms with Crippen molar-refractivity contribution in [2.75, 3.05) is 65.5 Å². The van der Waals surface area contributed by atoms with Crippen LogP contribution in [0.25, 0.3) is 0 Å². The van der Waals surface area contributed by atoms with Crippen molar-refractivity contribution in [2.45, 2.75) is 48.8 Å². The van der Waals surface area contributed by atoms with Gasteiger partial charge in [0.2, 0.25) is 0 Å². The van der Waals surface area contributed by atoms with Gasteiger partial charge in [-0.2, -0.15) is 23.5 Å². The molecule has 5 rings (SSSR count). The standard InChI is InChI=1S/C37H50ClN3O2S2/c1-40-32-12-17-37(40)36(35(24-32)30-8-10-31(38)11-9-30)25-41(21-23-45-27-29-6-15-34(43-3)16-7-29)20-18-39-19-22-44-26-28-4-13-33(42-2)14-5-28/h4-11,13-16,32,35-37,39H,12,17-27H2,1-3H3/t32-,35?,36?,37-/m0/s1. The third-order valence-corrected chi connectivity index (χ3v) is 11.9. The molecule has 0 radical (unpaired) electrons. The molecule has 8 heteroatoms. The molecule has 0 amide bonds. The van der Waals surface area contributed by atoms with Gasteiger partial charge in [0.1, 0.15) is 11.5 Å². The summed E-state index contributed by atoms with van der Waals surface area (Å²) in [4.78, 5) is 5.45. The number of hydrogen-bond donors (Lipinski definition) is 1. The highest BCUT2D eigenvalue weighted by Gasteiger charge is 2.46. The van der Waals surface area contributed by atoms with Gasteiger partial charge < -0.3 is 24.6 Å². The molecule has 2 saturated heterocycles. The lowest BCUT2D eigenvalue weighted by Crippen LogP contribution is -2.50. The highest BCUT2D eigenvalue weighted by molar-refractivity contribution is 7.98. The van der Waals surface area contributed by atoms with Gasteiger partial charge in [-0.3, -0.25) is 0 Å². The molecule has 0 saturated carbocycles. The van der Waals surface area contributed by atoms with Crippen molar-refractivity contribution in [3.8, 4) is 11.5 Å². The van der Waals surface area contributed by atoms with Crippen LogP contribution in [-0.4, -0.2) is 87.4 Å². The Morgan fingerprint density at radius 2 is 1.42 bits per heavy atom. The van der Waals surface area contributed by atoms with Crippen LogP contribution in [0.3, 0.4) is 0 Å². The van der Waals surface area contributed by atoms with Crippen molar-refractivity contribution >= 4 is 35.1 Å². The number of methoxy groups -OCH3 is 2. The Kier molecular flexibility index (Phi) is 13.7. The fourth-order valence-corrected chi connectivity index (χ4v) is 8.98. The van der Waals surface area contributed by atoms with Gasteiger partial charge in [0.25, 0.3) is 0 Å². The number of fused-ring (bicyclic) bond motifs is 2. The van der Waals surface area contributed by atoms with Crippen LogP contribution in [0, 0.1) is 5.92 Å². The molecule has 5 nitrogen and oxygen atoms in total. The maximum absolute atomic E-state index is 6.30. The zero-order valence-corrected chi connectivity index (χ0v) is 29.5. The van der Waals surface area contributed by atoms with E-state index in [2.05, 4.69) is 82.8 Å². The number of ether oxygens (including phenoxy) is 2. The molecule has 3 aromatic carbocycles. The zero-order valence-electron chi connectivity index (χ0n) is 27.1. The zero-order chi connectivity index (χ0) is 31.4. The lowest BCUT2D eigenvalue weighted by molar-refractivity contribution is 0.0728. The molecule has 2 aliphatic heterocycles. The molecule has 2 fully saturated rings. The lowest BCUT2D eigenvalue weighted by Gasteiger charge is -2.45. The molecule has 2 bridgehead atoms. The van der Waals surface area contributed by atoms with Gasteiger partial charge in [-0.15, -0.1) is 0 Å². The number of halogens is 1. The molecule has 3 aromatic rings. The van der Waals surface area contributed by atoms with Gasteiger partial charge in [0.15, 0.2) is 0 Å². The van der Waals surface area contributed by atoms with E-state index in [0.717, 1.165) is 72.3 Å². The first-order valence-corrected chi connectivity index (χ1v) is 19.0. The van der Waals surface area contributed by atoms with Crippen molar-refractivity contribution in [1.29, 1.82) is 0 Å². The monoisotopic (exact) mass is 667 g/mol. The summed E-state index contributed by atoms with van der Waals surface area (Å²) in [6, 6.07) is 27.0. The average molecular weight is 668 g/mol. The van der Waals surface area contributed by atoms with Crippen LogP contribution in [-0.2, 0) is 11.5 Å². The van der Waals surface area contributed by atoms with Crippen LogP contribution >= 0.6 is 35.1 Å². The molecule has 4 atom stereocenters. The molecule has 2 aliphatic rings. The topological polar surface area (TPSA) is 37.0 Å². The molecule has 0 spiro atoms. The van der Waals surface area contributed by atoms with Crippen LogP contribution < -0.4 is 14.8 Å². The third kappa shape index (κ3) is 10.1. The SMILES string of the molecule is COc1ccc(CSCCNCCN(CCSCc2ccc(OC)cc2)CC2C(c3ccc(Cl)cc3)C[C@@H]3CC[C@@H]2N3C)cc1. The summed E-state index contributed by atoms with van der Waals surface area (Å²) >= 11 is 10.3. The smallest absolute Gasteiger partial charge is 0.118 e. The Morgan fingerprint density at radius 1 is 0.800 bits per heavy atom. The first kappa shape index (κ1) is 34.5. The van der Waals surface area contributed by atoms with Crippen molar-refractivity contribution in [3.05, 3.63) is 94.5 Å². The number of rotatable bonds is 18. The Morgan fingerprint density at radius 3 is 2.04 bits per heavy atom. The molecular formula is C37H50ClN3O2S2. The number of hydrogen-bond acceptors (Lipinski definition) is 7. The highest BCUT2D eigenvalue weighted by Crippen LogP contribution is 2.46. The third-order valence-electron chi connectivity index (χ3n) is 9.63. The molecule has 0 aliphatic carbocycles. The van der Waals surface area contributed by atoms with Crippen molar-refractivity contribution < 1.29 is 9.47 Å². The Hall–Kier alpha value is -1.87. The van der Waals surface area contributed by atoms with E-state index in [4.69, 9.17) is 21.1 Å². The summed E-state index contributed by atoms with van der Waals surface area (Å²) in [5, 5.41) is 4.58. The summed E-state index contributed by atoms with van der Waals surface area (Å²) in [6.07, 6.45) is 3.90. The van der Waals surface area contributed by atoms with Crippen LogP contribution in [0.4, 0.5) is 0 Å². The first-order chi connectivity index (χ1) is 22.0. The predicted octanol–water partition coefficient (Wildman–Crippen LogP) is 7.68. The molecule has 244 valence electrons. The first-order valence-electron chi connectivity index (χ1n) is 16.4. The number of benzene rings is 3. The van der Waals surface area contributed by atoms with E-state index in [9.17, 15) is 0 Å².